The summed E-state index contributed by atoms with van der Waals surface area (Å²) in [5.74, 6) is 1.30. The fourth-order valence-corrected chi connectivity index (χ4v) is 3.19. The summed E-state index contributed by atoms with van der Waals surface area (Å²) in [6, 6.07) is 0. The highest BCUT2D eigenvalue weighted by atomic mass is 32.1. The molecule has 3 unspecified atom stereocenters. The van der Waals surface area contributed by atoms with Crippen molar-refractivity contribution in [3.05, 3.63) is 16.6 Å². The van der Waals surface area contributed by atoms with E-state index >= 15 is 0 Å². The van der Waals surface area contributed by atoms with Crippen LogP contribution in [0.1, 0.15) is 37.5 Å². The molecule has 0 aliphatic heterocycles. The van der Waals surface area contributed by atoms with Crippen LogP contribution in [-0.4, -0.2) is 16.2 Å². The van der Waals surface area contributed by atoms with Gasteiger partial charge in [0.15, 0.2) is 0 Å². The third kappa shape index (κ3) is 3.02. The molecule has 0 saturated heterocycles. The lowest BCUT2D eigenvalue weighted by Gasteiger charge is -2.30. The van der Waals surface area contributed by atoms with Gasteiger partial charge < -0.3 is 5.11 Å². The van der Waals surface area contributed by atoms with Crippen LogP contribution in [-0.2, 0) is 6.42 Å². The first-order valence-electron chi connectivity index (χ1n) is 5.81. The number of aliphatic hydroxyl groups excluding tert-OH is 1. The molecule has 84 valence electrons. The van der Waals surface area contributed by atoms with Gasteiger partial charge in [0, 0.05) is 17.5 Å². The standard InChI is InChI=1S/C12H19NOS/c1-9-3-2-4-10(5-9)12(14)6-11-7-13-8-15-11/h7-10,12,14H,2-6H2,1H3. The van der Waals surface area contributed by atoms with E-state index in [0.717, 1.165) is 12.3 Å². The number of aromatic nitrogens is 1. The van der Waals surface area contributed by atoms with Crippen LogP contribution in [0.4, 0.5) is 0 Å². The number of rotatable bonds is 3. The third-order valence-corrected chi connectivity index (χ3v) is 4.22. The number of nitrogens with zero attached hydrogens (tertiary/aromatic N) is 1. The van der Waals surface area contributed by atoms with E-state index in [1.54, 1.807) is 11.3 Å². The predicted octanol–water partition coefficient (Wildman–Crippen LogP) is 2.87. The summed E-state index contributed by atoms with van der Waals surface area (Å²) in [6.07, 6.45) is 7.52. The molecule has 1 N–H and O–H groups in total. The van der Waals surface area contributed by atoms with Crippen LogP contribution in [0.25, 0.3) is 0 Å². The minimum absolute atomic E-state index is 0.159. The van der Waals surface area contributed by atoms with E-state index < -0.39 is 0 Å². The van der Waals surface area contributed by atoms with Gasteiger partial charge in [-0.25, -0.2) is 0 Å². The Morgan fingerprint density at radius 1 is 1.60 bits per heavy atom. The predicted molar refractivity (Wildman–Crippen MR) is 62.9 cm³/mol. The Balaban J connectivity index is 1.87. The average molecular weight is 225 g/mol. The highest BCUT2D eigenvalue weighted by Gasteiger charge is 2.25. The molecule has 0 radical (unpaired) electrons. The van der Waals surface area contributed by atoms with E-state index in [0.29, 0.717) is 5.92 Å². The summed E-state index contributed by atoms with van der Waals surface area (Å²) in [7, 11) is 0. The van der Waals surface area contributed by atoms with Crippen molar-refractivity contribution in [2.75, 3.05) is 0 Å². The van der Waals surface area contributed by atoms with Crippen LogP contribution in [0.15, 0.2) is 11.7 Å². The number of aliphatic hydroxyl groups is 1. The van der Waals surface area contributed by atoms with Gasteiger partial charge in [0.1, 0.15) is 0 Å². The zero-order valence-corrected chi connectivity index (χ0v) is 10.0. The maximum atomic E-state index is 10.1. The van der Waals surface area contributed by atoms with Crippen molar-refractivity contribution >= 4 is 11.3 Å². The van der Waals surface area contributed by atoms with Gasteiger partial charge in [0.25, 0.3) is 0 Å². The second-order valence-corrected chi connectivity index (χ2v) is 5.74. The van der Waals surface area contributed by atoms with E-state index in [1.807, 2.05) is 11.7 Å². The number of thiazole rings is 1. The molecule has 1 saturated carbocycles. The quantitative estimate of drug-likeness (QED) is 0.858. The molecule has 1 aromatic heterocycles. The van der Waals surface area contributed by atoms with E-state index in [-0.39, 0.29) is 6.10 Å². The lowest BCUT2D eigenvalue weighted by molar-refractivity contribution is 0.0726. The second-order valence-electron chi connectivity index (χ2n) is 4.77. The molecule has 1 heterocycles. The molecule has 2 rings (SSSR count). The normalized spacial score (nSPS) is 28.9. The van der Waals surface area contributed by atoms with Crippen molar-refractivity contribution in [1.82, 2.24) is 4.98 Å². The van der Waals surface area contributed by atoms with Crippen LogP contribution >= 0.6 is 11.3 Å². The molecule has 0 spiro atoms. The fraction of sp³-hybridized carbons (Fsp3) is 0.750. The zero-order chi connectivity index (χ0) is 10.7. The maximum Gasteiger partial charge on any atom is 0.0794 e. The largest absolute Gasteiger partial charge is 0.392 e. The van der Waals surface area contributed by atoms with Crippen LogP contribution in [0.5, 0.6) is 0 Å². The van der Waals surface area contributed by atoms with Crippen molar-refractivity contribution in [3.8, 4) is 0 Å². The van der Waals surface area contributed by atoms with E-state index in [1.165, 1.54) is 30.6 Å². The first-order chi connectivity index (χ1) is 7.25. The zero-order valence-electron chi connectivity index (χ0n) is 9.22. The molecule has 3 heteroatoms. The Labute approximate surface area is 95.4 Å². The minimum Gasteiger partial charge on any atom is -0.392 e. The summed E-state index contributed by atoms with van der Waals surface area (Å²) in [5, 5.41) is 10.1. The Morgan fingerprint density at radius 2 is 2.47 bits per heavy atom. The van der Waals surface area contributed by atoms with Crippen molar-refractivity contribution in [2.45, 2.75) is 45.1 Å². The summed E-state index contributed by atoms with van der Waals surface area (Å²) in [4.78, 5) is 5.25. The van der Waals surface area contributed by atoms with Gasteiger partial charge in [-0.05, 0) is 24.7 Å². The molecule has 0 amide bonds. The molecular weight excluding hydrogens is 206 g/mol. The highest BCUT2D eigenvalue weighted by molar-refractivity contribution is 7.09. The molecule has 1 fully saturated rings. The smallest absolute Gasteiger partial charge is 0.0794 e. The number of hydrogen-bond donors (Lipinski definition) is 1. The molecule has 3 atom stereocenters. The lowest BCUT2D eigenvalue weighted by atomic mass is 9.79. The van der Waals surface area contributed by atoms with Crippen molar-refractivity contribution in [3.63, 3.8) is 0 Å². The van der Waals surface area contributed by atoms with Crippen molar-refractivity contribution in [1.29, 1.82) is 0 Å². The van der Waals surface area contributed by atoms with E-state index in [2.05, 4.69) is 11.9 Å². The molecule has 1 aromatic rings. The number of hydrogen-bond acceptors (Lipinski definition) is 3. The Bertz CT molecular complexity index is 286. The molecule has 2 nitrogen and oxygen atoms in total. The topological polar surface area (TPSA) is 33.1 Å². The summed E-state index contributed by atoms with van der Waals surface area (Å²) in [5.41, 5.74) is 1.84. The highest BCUT2D eigenvalue weighted by Crippen LogP contribution is 2.32. The lowest BCUT2D eigenvalue weighted by Crippen LogP contribution is -2.27. The molecular formula is C12H19NOS. The second kappa shape index (κ2) is 5.08. The first kappa shape index (κ1) is 11.1. The van der Waals surface area contributed by atoms with Gasteiger partial charge >= 0.3 is 0 Å². The third-order valence-electron chi connectivity index (χ3n) is 3.41. The molecule has 1 aliphatic carbocycles. The molecule has 0 bridgehead atoms. The van der Waals surface area contributed by atoms with Crippen molar-refractivity contribution in [2.24, 2.45) is 11.8 Å². The van der Waals surface area contributed by atoms with Crippen LogP contribution in [0.3, 0.4) is 0 Å². The Morgan fingerprint density at radius 3 is 3.13 bits per heavy atom. The Kier molecular flexibility index (Phi) is 3.76. The first-order valence-corrected chi connectivity index (χ1v) is 6.69. The Hall–Kier alpha value is -0.410. The SMILES string of the molecule is CC1CCCC(C(O)Cc2cncs2)C1. The molecule has 1 aliphatic rings. The van der Waals surface area contributed by atoms with Crippen LogP contribution in [0, 0.1) is 11.8 Å². The summed E-state index contributed by atoms with van der Waals surface area (Å²) < 4.78 is 0. The van der Waals surface area contributed by atoms with Crippen LogP contribution in [0.2, 0.25) is 0 Å². The van der Waals surface area contributed by atoms with Gasteiger partial charge in [-0.1, -0.05) is 19.8 Å². The molecule has 0 aromatic carbocycles. The van der Waals surface area contributed by atoms with E-state index in [4.69, 9.17) is 0 Å². The summed E-state index contributed by atoms with van der Waals surface area (Å²) in [6.45, 7) is 2.30. The van der Waals surface area contributed by atoms with Crippen molar-refractivity contribution < 1.29 is 5.11 Å². The van der Waals surface area contributed by atoms with Gasteiger partial charge in [-0.3, -0.25) is 4.98 Å². The van der Waals surface area contributed by atoms with E-state index in [9.17, 15) is 5.11 Å². The van der Waals surface area contributed by atoms with Crippen LogP contribution < -0.4 is 0 Å². The van der Waals surface area contributed by atoms with Gasteiger partial charge in [-0.2, -0.15) is 0 Å². The average Bonchev–Trinajstić information content (AvgIpc) is 2.70. The minimum atomic E-state index is -0.159. The molecule has 15 heavy (non-hydrogen) atoms. The summed E-state index contributed by atoms with van der Waals surface area (Å²) >= 11 is 1.64. The maximum absolute atomic E-state index is 10.1. The monoisotopic (exact) mass is 225 g/mol. The van der Waals surface area contributed by atoms with Gasteiger partial charge in [0.2, 0.25) is 0 Å². The van der Waals surface area contributed by atoms with Gasteiger partial charge in [0.05, 0.1) is 11.6 Å². The fourth-order valence-electron chi connectivity index (χ4n) is 2.55. The van der Waals surface area contributed by atoms with Gasteiger partial charge in [-0.15, -0.1) is 11.3 Å².